The van der Waals surface area contributed by atoms with E-state index >= 15 is 0 Å². The number of nitrogens with one attached hydrogen (secondary N) is 1. The van der Waals surface area contributed by atoms with Crippen molar-refractivity contribution in [1.29, 1.82) is 0 Å². The van der Waals surface area contributed by atoms with Crippen LogP contribution in [-0.2, 0) is 17.4 Å². The van der Waals surface area contributed by atoms with Crippen LogP contribution in [0.3, 0.4) is 0 Å². The minimum absolute atomic E-state index is 0.0823. The van der Waals surface area contributed by atoms with Gasteiger partial charge in [0.1, 0.15) is 0 Å². The van der Waals surface area contributed by atoms with E-state index in [1.165, 1.54) is 24.3 Å². The summed E-state index contributed by atoms with van der Waals surface area (Å²) in [4.78, 5) is 51.2. The van der Waals surface area contributed by atoms with Gasteiger partial charge in [0.05, 0.1) is 23.2 Å². The van der Waals surface area contributed by atoms with Gasteiger partial charge in [-0.25, -0.2) is 0 Å². The molecule has 14 heteroatoms. The van der Waals surface area contributed by atoms with Gasteiger partial charge in [-0.2, -0.15) is 26.3 Å². The highest BCUT2D eigenvalue weighted by atomic mass is 79.9. The van der Waals surface area contributed by atoms with Crippen LogP contribution in [0.4, 0.5) is 26.3 Å². The number of aryl methyl sites for hydroxylation is 2. The maximum Gasteiger partial charge on any atom is 0.416 e. The minimum Gasteiger partial charge on any atom is -0.295 e. The summed E-state index contributed by atoms with van der Waals surface area (Å²) in [5, 5.41) is 2.63. The van der Waals surface area contributed by atoms with E-state index in [9.17, 15) is 45.5 Å². The zero-order valence-electron chi connectivity index (χ0n) is 25.0. The van der Waals surface area contributed by atoms with Crippen LogP contribution in [-0.4, -0.2) is 41.8 Å². The molecule has 0 saturated heterocycles. The predicted molar refractivity (Wildman–Crippen MR) is 172 cm³/mol. The number of nitrogens with zero attached hydrogens (tertiary/aromatic N) is 1. The Bertz CT molecular complexity index is 1830. The molecule has 0 fully saturated rings. The van der Waals surface area contributed by atoms with Crippen molar-refractivity contribution in [3.8, 4) is 0 Å². The predicted octanol–water partition coefficient (Wildman–Crippen LogP) is 9.04. The Morgan fingerprint density at radius 3 is 2.09 bits per heavy atom. The van der Waals surface area contributed by atoms with E-state index < -0.39 is 41.2 Å². The second kappa shape index (κ2) is 14.8. The van der Waals surface area contributed by atoms with E-state index in [-0.39, 0.29) is 45.1 Å². The van der Waals surface area contributed by atoms with Gasteiger partial charge in [-0.15, -0.1) is 0 Å². The summed E-state index contributed by atoms with van der Waals surface area (Å²) in [6, 6.07) is 8.22. The van der Waals surface area contributed by atoms with Gasteiger partial charge in [-0.3, -0.25) is 29.4 Å². The molecule has 1 aliphatic rings. The maximum absolute atomic E-state index is 13.4. The molecule has 1 heterocycles. The Hall–Kier alpha value is -4.04. The molecule has 0 aliphatic carbocycles. The molecule has 1 aliphatic heterocycles. The number of carbonyl (C=O) groups is 4. The Balaban J connectivity index is 0.000000420. The molecule has 4 rings (SSSR count). The van der Waals surface area contributed by atoms with Gasteiger partial charge in [0.2, 0.25) is 6.41 Å². The van der Waals surface area contributed by atoms with Crippen LogP contribution in [0.15, 0.2) is 81.3 Å². The first kappa shape index (κ1) is 37.4. The van der Waals surface area contributed by atoms with Crippen molar-refractivity contribution in [3.05, 3.63) is 115 Å². The number of hydrogen-bond donors (Lipinski definition) is 1. The zero-order chi connectivity index (χ0) is 35.4. The molecule has 3 aromatic rings. The van der Waals surface area contributed by atoms with Crippen molar-refractivity contribution in [2.75, 3.05) is 6.54 Å². The number of amides is 4. The van der Waals surface area contributed by atoms with Gasteiger partial charge in [-0.05, 0) is 93.1 Å². The molecule has 248 valence electrons. The summed E-state index contributed by atoms with van der Waals surface area (Å²) >= 11 is 6.64. The van der Waals surface area contributed by atoms with Crippen LogP contribution in [0.2, 0.25) is 0 Å². The highest BCUT2D eigenvalue weighted by molar-refractivity contribution is 9.10. The smallest absolute Gasteiger partial charge is 0.295 e. The Kier molecular flexibility index (Phi) is 11.8. The summed E-state index contributed by atoms with van der Waals surface area (Å²) in [5.74, 6) is -2.09. The Morgan fingerprint density at radius 2 is 1.57 bits per heavy atom. The van der Waals surface area contributed by atoms with Crippen molar-refractivity contribution >= 4 is 66.8 Å². The molecule has 1 N–H and O–H groups in total. The average Bonchev–Trinajstić information content (AvgIpc) is 2.99. The second-order valence-corrected chi connectivity index (χ2v) is 11.8. The van der Waals surface area contributed by atoms with Gasteiger partial charge in [0.25, 0.3) is 17.7 Å². The highest BCUT2D eigenvalue weighted by Gasteiger charge is 2.37. The van der Waals surface area contributed by atoms with Gasteiger partial charge >= 0.3 is 12.4 Å². The number of rotatable bonds is 7. The number of imide groups is 2. The summed E-state index contributed by atoms with van der Waals surface area (Å²) in [6.07, 6.45) is -4.43. The molecule has 0 radical (unpaired) electrons. The summed E-state index contributed by atoms with van der Waals surface area (Å²) in [7, 11) is 0. The molecule has 0 aromatic heterocycles. The normalized spacial score (nSPS) is 13.5. The van der Waals surface area contributed by atoms with Gasteiger partial charge in [0.15, 0.2) is 0 Å². The van der Waals surface area contributed by atoms with E-state index in [1.807, 2.05) is 6.92 Å². The third kappa shape index (κ3) is 8.28. The van der Waals surface area contributed by atoms with Crippen LogP contribution in [0.25, 0.3) is 10.8 Å². The number of halogens is 8. The molecule has 0 spiro atoms. The Morgan fingerprint density at radius 1 is 0.957 bits per heavy atom. The number of allylic oxidation sites excluding steroid dienone is 3. The standard InChI is InChI=1S/C24H17Br2F3N2O4.C9H9F3/c1-4-13(6-5-12(3)24(27,28)29)9-31-22(34)14-8-16(26)19(21(33)30-10-32)17-11(2)7-15(25)20(18(14)17)23(31)35;1-2-7-3-5-8(6-4-7)9(10,11)12/h4-8,10H,3,9H2,1-2H3,(H,30,32,33);3-6H,2H2,1H3/b6-5-,13-4?;. The van der Waals surface area contributed by atoms with E-state index in [4.69, 9.17) is 0 Å². The largest absolute Gasteiger partial charge is 0.416 e. The molecule has 3 aromatic carbocycles. The quantitative estimate of drug-likeness (QED) is 0.112. The van der Waals surface area contributed by atoms with E-state index in [0.29, 0.717) is 15.4 Å². The first-order valence-corrected chi connectivity index (χ1v) is 15.3. The molecule has 4 amide bonds. The molecular weight excluding hydrogens is 762 g/mol. The van der Waals surface area contributed by atoms with Crippen molar-refractivity contribution < 1.29 is 45.5 Å². The van der Waals surface area contributed by atoms with Crippen LogP contribution in [0.1, 0.15) is 61.6 Å². The lowest BCUT2D eigenvalue weighted by molar-refractivity contribution is -0.137. The van der Waals surface area contributed by atoms with Gasteiger partial charge in [0, 0.05) is 30.9 Å². The fourth-order valence-corrected chi connectivity index (χ4v) is 5.97. The van der Waals surface area contributed by atoms with Crippen molar-refractivity contribution in [2.45, 2.75) is 39.5 Å². The van der Waals surface area contributed by atoms with Crippen molar-refractivity contribution in [2.24, 2.45) is 0 Å². The summed E-state index contributed by atoms with van der Waals surface area (Å²) in [6.45, 7) is 7.85. The van der Waals surface area contributed by atoms with Crippen LogP contribution in [0, 0.1) is 6.92 Å². The second-order valence-electron chi connectivity index (χ2n) is 10.1. The van der Waals surface area contributed by atoms with Crippen LogP contribution < -0.4 is 5.32 Å². The van der Waals surface area contributed by atoms with Crippen LogP contribution >= 0.6 is 31.9 Å². The lowest BCUT2D eigenvalue weighted by Gasteiger charge is -2.29. The number of benzene rings is 3. The third-order valence-electron chi connectivity index (χ3n) is 7.12. The van der Waals surface area contributed by atoms with Gasteiger partial charge < -0.3 is 0 Å². The van der Waals surface area contributed by atoms with E-state index in [1.54, 1.807) is 19.9 Å². The molecule has 0 atom stereocenters. The molecule has 0 unspecified atom stereocenters. The fraction of sp³-hybridized carbons (Fsp3) is 0.212. The third-order valence-corrected chi connectivity index (χ3v) is 8.37. The Labute approximate surface area is 282 Å². The molecular formula is C33H26Br2F6N2O4. The first-order chi connectivity index (χ1) is 21.9. The molecule has 47 heavy (non-hydrogen) atoms. The van der Waals surface area contributed by atoms with Gasteiger partial charge in [-0.1, -0.05) is 43.9 Å². The highest BCUT2D eigenvalue weighted by Crippen LogP contribution is 2.41. The van der Waals surface area contributed by atoms with E-state index in [0.717, 1.165) is 41.2 Å². The molecule has 6 nitrogen and oxygen atoms in total. The lowest BCUT2D eigenvalue weighted by atomic mass is 9.88. The van der Waals surface area contributed by atoms with Crippen LogP contribution in [0.5, 0.6) is 0 Å². The first-order valence-electron chi connectivity index (χ1n) is 13.7. The van der Waals surface area contributed by atoms with E-state index in [2.05, 4.69) is 43.8 Å². The molecule has 0 saturated carbocycles. The number of alkyl halides is 6. The number of hydrogen-bond acceptors (Lipinski definition) is 4. The topological polar surface area (TPSA) is 83.6 Å². The minimum atomic E-state index is -4.61. The van der Waals surface area contributed by atoms with Crippen molar-refractivity contribution in [3.63, 3.8) is 0 Å². The average molecular weight is 788 g/mol. The molecule has 0 bridgehead atoms. The monoisotopic (exact) mass is 786 g/mol. The van der Waals surface area contributed by atoms with Crippen molar-refractivity contribution in [1.82, 2.24) is 10.2 Å². The summed E-state index contributed by atoms with van der Waals surface area (Å²) in [5.41, 5.74) is 0.430. The zero-order valence-corrected chi connectivity index (χ0v) is 28.2. The lowest BCUT2D eigenvalue weighted by Crippen LogP contribution is -2.42. The SMILES string of the molecule is C=C(/C=C\C(=CC)CN1C(=O)c2cc(Br)c(C(=O)NC=O)c3c(C)cc(Br)c(c23)C1=O)C(F)(F)F.CCc1ccc(C(F)(F)F)cc1. The fourth-order valence-electron chi connectivity index (χ4n) is 4.65. The maximum atomic E-state index is 13.4. The number of carbonyl (C=O) groups excluding carboxylic acids is 4. The summed E-state index contributed by atoms with van der Waals surface area (Å²) < 4.78 is 75.0.